The molecule has 1 heterocycles. The van der Waals surface area contributed by atoms with Gasteiger partial charge in [-0.2, -0.15) is 0 Å². The Kier molecular flexibility index (Phi) is 7.73. The van der Waals surface area contributed by atoms with Crippen LogP contribution in [-0.2, 0) is 15.8 Å². The monoisotopic (exact) mass is 478 g/mol. The van der Waals surface area contributed by atoms with E-state index in [1.165, 1.54) is 4.90 Å². The number of amides is 3. The highest BCUT2D eigenvalue weighted by molar-refractivity contribution is 6.74. The summed E-state index contributed by atoms with van der Waals surface area (Å²) in [6.07, 6.45) is 2.87. The normalized spacial score (nSPS) is 22.2. The van der Waals surface area contributed by atoms with Crippen molar-refractivity contribution in [3.63, 3.8) is 0 Å². The summed E-state index contributed by atoms with van der Waals surface area (Å²) in [6, 6.07) is 8.12. The standard InChI is InChI=1S/C24H35ClN2O4Si/c1-24(2,3)32(4,5)31-16-20-21(18-13-9-10-14-19(18)25)27(22(28)26-20)23(29)30-15-17-11-7-6-8-12-17/h6-8,11-12,20-21H,9-10,13-16H2,1-5H3,(H,26,28)/t20-,21-/m0/s1. The van der Waals surface area contributed by atoms with Gasteiger partial charge in [0.05, 0.1) is 18.7 Å². The number of allylic oxidation sites excluding steroid dienone is 1. The van der Waals surface area contributed by atoms with Crippen LogP contribution in [-0.4, -0.2) is 44.0 Å². The molecule has 176 valence electrons. The quantitative estimate of drug-likeness (QED) is 0.496. The smallest absolute Gasteiger partial charge is 0.418 e. The highest BCUT2D eigenvalue weighted by atomic mass is 35.5. The molecular weight excluding hydrogens is 444 g/mol. The van der Waals surface area contributed by atoms with Crippen LogP contribution in [0, 0.1) is 0 Å². The van der Waals surface area contributed by atoms with Crippen molar-refractivity contribution in [2.75, 3.05) is 6.61 Å². The highest BCUT2D eigenvalue weighted by Crippen LogP contribution is 2.38. The molecule has 3 rings (SSSR count). The Labute approximate surface area is 197 Å². The van der Waals surface area contributed by atoms with Crippen molar-refractivity contribution in [2.45, 2.75) is 83.3 Å². The third-order valence-electron chi connectivity index (χ3n) is 6.82. The summed E-state index contributed by atoms with van der Waals surface area (Å²) in [5.74, 6) is 0. The lowest BCUT2D eigenvalue weighted by Crippen LogP contribution is -2.48. The van der Waals surface area contributed by atoms with Gasteiger partial charge in [-0.15, -0.1) is 0 Å². The van der Waals surface area contributed by atoms with Crippen molar-refractivity contribution in [1.29, 1.82) is 0 Å². The maximum Gasteiger partial charge on any atom is 0.418 e. The van der Waals surface area contributed by atoms with Gasteiger partial charge in [0, 0.05) is 5.03 Å². The molecule has 2 aliphatic rings. The minimum absolute atomic E-state index is 0.0428. The lowest BCUT2D eigenvalue weighted by atomic mass is 9.90. The van der Waals surface area contributed by atoms with E-state index in [-0.39, 0.29) is 17.7 Å². The Balaban J connectivity index is 1.81. The average Bonchev–Trinajstić information content (AvgIpc) is 3.07. The van der Waals surface area contributed by atoms with Gasteiger partial charge in [-0.25, -0.2) is 14.5 Å². The Morgan fingerprint density at radius 3 is 2.47 bits per heavy atom. The molecule has 32 heavy (non-hydrogen) atoms. The molecule has 1 N–H and O–H groups in total. The highest BCUT2D eigenvalue weighted by Gasteiger charge is 2.48. The molecule has 6 nitrogen and oxygen atoms in total. The van der Waals surface area contributed by atoms with Crippen molar-refractivity contribution < 1.29 is 18.8 Å². The fourth-order valence-electron chi connectivity index (χ4n) is 3.84. The third-order valence-corrected chi connectivity index (χ3v) is 11.7. The average molecular weight is 479 g/mol. The van der Waals surface area contributed by atoms with E-state index in [1.807, 2.05) is 30.3 Å². The number of nitrogens with one attached hydrogen (secondary N) is 1. The molecule has 1 aromatic carbocycles. The predicted molar refractivity (Wildman–Crippen MR) is 129 cm³/mol. The number of benzene rings is 1. The van der Waals surface area contributed by atoms with E-state index in [9.17, 15) is 9.59 Å². The van der Waals surface area contributed by atoms with Crippen LogP contribution in [0.1, 0.15) is 52.0 Å². The van der Waals surface area contributed by atoms with Crippen molar-refractivity contribution >= 4 is 32.0 Å². The molecule has 1 fully saturated rings. The van der Waals surface area contributed by atoms with Crippen LogP contribution in [0.5, 0.6) is 0 Å². The third kappa shape index (κ3) is 5.56. The maximum absolute atomic E-state index is 13.0. The molecule has 3 amide bonds. The summed E-state index contributed by atoms with van der Waals surface area (Å²) in [7, 11) is -2.03. The van der Waals surface area contributed by atoms with Gasteiger partial charge in [0.2, 0.25) is 0 Å². The van der Waals surface area contributed by atoms with Crippen LogP contribution < -0.4 is 5.32 Å². The zero-order chi connectivity index (χ0) is 23.5. The van der Waals surface area contributed by atoms with E-state index in [1.54, 1.807) is 0 Å². The van der Waals surface area contributed by atoms with Gasteiger partial charge in [0.1, 0.15) is 6.61 Å². The number of halogens is 1. The minimum atomic E-state index is -2.03. The van der Waals surface area contributed by atoms with Crippen LogP contribution in [0.2, 0.25) is 18.1 Å². The van der Waals surface area contributed by atoms with Crippen molar-refractivity contribution in [3.05, 3.63) is 46.5 Å². The number of hydrogen-bond donors (Lipinski definition) is 1. The molecule has 2 atom stereocenters. The van der Waals surface area contributed by atoms with E-state index in [0.29, 0.717) is 6.61 Å². The van der Waals surface area contributed by atoms with Crippen molar-refractivity contribution in [1.82, 2.24) is 10.2 Å². The summed E-state index contributed by atoms with van der Waals surface area (Å²) in [4.78, 5) is 27.2. The fraction of sp³-hybridized carbons (Fsp3) is 0.583. The lowest BCUT2D eigenvalue weighted by molar-refractivity contribution is 0.100. The van der Waals surface area contributed by atoms with E-state index < -0.39 is 26.5 Å². The minimum Gasteiger partial charge on any atom is -0.444 e. The topological polar surface area (TPSA) is 67.9 Å². The first-order valence-electron chi connectivity index (χ1n) is 11.3. The van der Waals surface area contributed by atoms with Crippen LogP contribution in [0.3, 0.4) is 0 Å². The van der Waals surface area contributed by atoms with Gasteiger partial charge >= 0.3 is 12.1 Å². The van der Waals surface area contributed by atoms with Crippen molar-refractivity contribution in [3.8, 4) is 0 Å². The van der Waals surface area contributed by atoms with Crippen LogP contribution in [0.15, 0.2) is 40.9 Å². The Morgan fingerprint density at radius 2 is 1.84 bits per heavy atom. The molecule has 0 radical (unpaired) electrons. The van der Waals surface area contributed by atoms with E-state index >= 15 is 0 Å². The second-order valence-corrected chi connectivity index (χ2v) is 15.4. The zero-order valence-corrected chi connectivity index (χ0v) is 21.5. The first-order chi connectivity index (χ1) is 15.0. The maximum atomic E-state index is 13.0. The molecule has 0 aromatic heterocycles. The number of urea groups is 1. The lowest BCUT2D eigenvalue weighted by Gasteiger charge is -2.38. The van der Waals surface area contributed by atoms with Crippen LogP contribution in [0.4, 0.5) is 9.59 Å². The Morgan fingerprint density at radius 1 is 1.19 bits per heavy atom. The van der Waals surface area contributed by atoms with Gasteiger partial charge in [0.15, 0.2) is 8.32 Å². The number of hydrogen-bond acceptors (Lipinski definition) is 4. The molecule has 0 saturated carbocycles. The molecule has 0 spiro atoms. The first kappa shape index (κ1) is 24.8. The van der Waals surface area contributed by atoms with Gasteiger partial charge in [-0.3, -0.25) is 0 Å². The SMILES string of the molecule is CC(C)(C)[Si](C)(C)OC[C@@H]1NC(=O)N(C(=O)OCc2ccccc2)[C@H]1C1=C(Cl)CCCC1. The molecule has 1 saturated heterocycles. The van der Waals surface area contributed by atoms with Crippen molar-refractivity contribution in [2.24, 2.45) is 0 Å². The molecule has 8 heteroatoms. The summed E-state index contributed by atoms with van der Waals surface area (Å²) in [6.45, 7) is 11.3. The van der Waals surface area contributed by atoms with E-state index in [0.717, 1.165) is 41.9 Å². The van der Waals surface area contributed by atoms with Crippen LogP contribution in [0.25, 0.3) is 0 Å². The second kappa shape index (κ2) is 9.97. The first-order valence-corrected chi connectivity index (χ1v) is 14.6. The van der Waals surface area contributed by atoms with Gasteiger partial charge in [-0.1, -0.05) is 62.7 Å². The fourth-order valence-corrected chi connectivity index (χ4v) is 5.21. The predicted octanol–water partition coefficient (Wildman–Crippen LogP) is 6.17. The number of imide groups is 1. The molecule has 1 aliphatic carbocycles. The summed E-state index contributed by atoms with van der Waals surface area (Å²) in [5, 5.41) is 3.75. The molecule has 0 bridgehead atoms. The Bertz CT molecular complexity index is 867. The van der Waals surface area contributed by atoms with Gasteiger partial charge in [-0.05, 0) is 55.0 Å². The summed E-state index contributed by atoms with van der Waals surface area (Å²) >= 11 is 6.61. The number of carbonyl (C=O) groups excluding carboxylic acids is 2. The van der Waals surface area contributed by atoms with E-state index in [2.05, 4.69) is 39.2 Å². The van der Waals surface area contributed by atoms with Crippen LogP contribution >= 0.6 is 11.6 Å². The van der Waals surface area contributed by atoms with Gasteiger partial charge in [0.25, 0.3) is 0 Å². The Hall–Kier alpha value is -1.83. The van der Waals surface area contributed by atoms with Gasteiger partial charge < -0.3 is 14.5 Å². The molecule has 0 unspecified atom stereocenters. The number of ether oxygens (including phenoxy) is 1. The zero-order valence-electron chi connectivity index (χ0n) is 19.7. The molecule has 1 aromatic rings. The van der Waals surface area contributed by atoms with E-state index in [4.69, 9.17) is 20.8 Å². The summed E-state index contributed by atoms with van der Waals surface area (Å²) < 4.78 is 11.9. The number of carbonyl (C=O) groups is 2. The number of nitrogens with zero attached hydrogens (tertiary/aromatic N) is 1. The molecule has 1 aliphatic heterocycles. The summed E-state index contributed by atoms with van der Waals surface area (Å²) in [5.41, 5.74) is 1.81. The number of rotatable bonds is 6. The second-order valence-electron chi connectivity index (χ2n) is 10.1. The molecular formula is C24H35ClN2O4Si. The largest absolute Gasteiger partial charge is 0.444 e.